The summed E-state index contributed by atoms with van der Waals surface area (Å²) in [5, 5.41) is 5.07. The first-order valence-corrected chi connectivity index (χ1v) is 9.34. The summed E-state index contributed by atoms with van der Waals surface area (Å²) in [6, 6.07) is 4.87. The predicted molar refractivity (Wildman–Crippen MR) is 100 cm³/mol. The van der Waals surface area contributed by atoms with Gasteiger partial charge in [-0.2, -0.15) is 0 Å². The van der Waals surface area contributed by atoms with Crippen molar-refractivity contribution in [2.45, 2.75) is 13.3 Å². The van der Waals surface area contributed by atoms with Gasteiger partial charge in [0, 0.05) is 10.4 Å². The number of amides is 2. The number of nitrogens with zero attached hydrogens (tertiary/aromatic N) is 2. The monoisotopic (exact) mass is 409 g/mol. The smallest absolute Gasteiger partial charge is 0.311 e. The van der Waals surface area contributed by atoms with E-state index >= 15 is 0 Å². The van der Waals surface area contributed by atoms with Gasteiger partial charge >= 0.3 is 5.97 Å². The number of carbonyl (C=O) groups is 3. The molecule has 1 aliphatic heterocycles. The van der Waals surface area contributed by atoms with Crippen LogP contribution in [0.25, 0.3) is 0 Å². The molecule has 0 bridgehead atoms. The van der Waals surface area contributed by atoms with Gasteiger partial charge in [0.15, 0.2) is 11.7 Å². The van der Waals surface area contributed by atoms with E-state index < -0.39 is 5.91 Å². The number of aromatic nitrogens is 1. The first kappa shape index (κ1) is 19.1. The summed E-state index contributed by atoms with van der Waals surface area (Å²) in [7, 11) is 0. The van der Waals surface area contributed by atoms with E-state index in [2.05, 4.69) is 10.3 Å². The molecule has 0 unspecified atom stereocenters. The molecule has 8 nitrogen and oxygen atoms in total. The number of nitrogens with one attached hydrogen (secondary N) is 1. The molecule has 3 rings (SSSR count). The predicted octanol–water partition coefficient (Wildman–Crippen LogP) is 2.27. The molecule has 0 spiro atoms. The number of rotatable bonds is 6. The van der Waals surface area contributed by atoms with Crippen molar-refractivity contribution in [3.05, 3.63) is 34.3 Å². The van der Waals surface area contributed by atoms with Crippen LogP contribution in [0.3, 0.4) is 0 Å². The standard InChI is InChI=1S/C17H16ClN3O5S/c1-2-25-16(24)6-11-9-27-17(19-11)20-14(22)7-21-12-5-10(18)3-4-13(12)26-8-15(21)23/h3-5,9H,2,6-8H2,1H3,(H,19,20,22). The number of esters is 1. The van der Waals surface area contributed by atoms with Crippen LogP contribution in [0.4, 0.5) is 10.8 Å². The molecule has 0 atom stereocenters. The molecule has 0 radical (unpaired) electrons. The Kier molecular flexibility index (Phi) is 5.92. The van der Waals surface area contributed by atoms with Gasteiger partial charge in [-0.15, -0.1) is 11.3 Å². The van der Waals surface area contributed by atoms with Crippen molar-refractivity contribution in [1.29, 1.82) is 0 Å². The summed E-state index contributed by atoms with van der Waals surface area (Å²) in [5.74, 6) is -0.666. The summed E-state index contributed by atoms with van der Waals surface area (Å²) < 4.78 is 10.2. The molecule has 2 amide bonds. The number of hydrogen-bond acceptors (Lipinski definition) is 7. The average Bonchev–Trinajstić information content (AvgIpc) is 3.04. The third-order valence-corrected chi connectivity index (χ3v) is 4.64. The fourth-order valence-corrected chi connectivity index (χ4v) is 3.35. The minimum Gasteiger partial charge on any atom is -0.482 e. The van der Waals surface area contributed by atoms with Crippen molar-refractivity contribution >= 4 is 51.5 Å². The lowest BCUT2D eigenvalue weighted by Gasteiger charge is -2.28. The van der Waals surface area contributed by atoms with E-state index in [4.69, 9.17) is 21.1 Å². The highest BCUT2D eigenvalue weighted by molar-refractivity contribution is 7.13. The van der Waals surface area contributed by atoms with Crippen molar-refractivity contribution in [2.75, 3.05) is 30.0 Å². The molecular weight excluding hydrogens is 394 g/mol. The van der Waals surface area contributed by atoms with Gasteiger partial charge in [0.25, 0.3) is 5.91 Å². The second-order valence-electron chi connectivity index (χ2n) is 5.55. The molecule has 1 N–H and O–H groups in total. The number of hydrogen-bond donors (Lipinski definition) is 1. The molecule has 0 saturated carbocycles. The van der Waals surface area contributed by atoms with E-state index in [1.807, 2.05) is 0 Å². The van der Waals surface area contributed by atoms with Gasteiger partial charge in [-0.25, -0.2) is 4.98 Å². The topological polar surface area (TPSA) is 97.8 Å². The number of carbonyl (C=O) groups excluding carboxylic acids is 3. The van der Waals surface area contributed by atoms with Crippen LogP contribution >= 0.6 is 22.9 Å². The lowest BCUT2D eigenvalue weighted by atomic mass is 10.2. The van der Waals surface area contributed by atoms with Crippen LogP contribution in [0.2, 0.25) is 5.02 Å². The zero-order chi connectivity index (χ0) is 19.4. The first-order chi connectivity index (χ1) is 13.0. The molecule has 2 heterocycles. The molecule has 142 valence electrons. The fraction of sp³-hybridized carbons (Fsp3) is 0.294. The maximum atomic E-state index is 12.4. The van der Waals surface area contributed by atoms with Crippen LogP contribution in [-0.4, -0.2) is 42.5 Å². The Labute approximate surface area is 164 Å². The molecule has 10 heteroatoms. The number of benzene rings is 1. The highest BCUT2D eigenvalue weighted by atomic mass is 35.5. The number of fused-ring (bicyclic) bond motifs is 1. The average molecular weight is 410 g/mol. The van der Waals surface area contributed by atoms with Crippen molar-refractivity contribution in [3.8, 4) is 5.75 Å². The minimum absolute atomic E-state index is 0.0357. The van der Waals surface area contributed by atoms with Gasteiger partial charge in [0.2, 0.25) is 5.91 Å². The zero-order valence-electron chi connectivity index (χ0n) is 14.4. The van der Waals surface area contributed by atoms with E-state index in [1.54, 1.807) is 30.5 Å². The lowest BCUT2D eigenvalue weighted by molar-refractivity contribution is -0.142. The van der Waals surface area contributed by atoms with Gasteiger partial charge < -0.3 is 14.8 Å². The quantitative estimate of drug-likeness (QED) is 0.735. The van der Waals surface area contributed by atoms with Crippen LogP contribution in [-0.2, 0) is 25.5 Å². The molecule has 2 aromatic rings. The third kappa shape index (κ3) is 4.75. The molecule has 27 heavy (non-hydrogen) atoms. The molecular formula is C17H16ClN3O5S. The lowest BCUT2D eigenvalue weighted by Crippen LogP contribution is -2.43. The van der Waals surface area contributed by atoms with E-state index in [0.29, 0.717) is 33.9 Å². The molecule has 1 aromatic heterocycles. The van der Waals surface area contributed by atoms with Crippen LogP contribution in [0, 0.1) is 0 Å². The number of ether oxygens (including phenoxy) is 2. The summed E-state index contributed by atoms with van der Waals surface area (Å²) in [5.41, 5.74) is 0.948. The SMILES string of the molecule is CCOC(=O)Cc1csc(NC(=O)CN2C(=O)COc3ccc(Cl)cc32)n1. The number of anilines is 2. The minimum atomic E-state index is -0.423. The van der Waals surface area contributed by atoms with Gasteiger partial charge in [-0.3, -0.25) is 19.3 Å². The molecule has 1 aromatic carbocycles. The Morgan fingerprint density at radius 2 is 2.26 bits per heavy atom. The Morgan fingerprint density at radius 3 is 3.04 bits per heavy atom. The van der Waals surface area contributed by atoms with E-state index in [0.717, 1.165) is 0 Å². The van der Waals surface area contributed by atoms with Crippen molar-refractivity contribution < 1.29 is 23.9 Å². The van der Waals surface area contributed by atoms with Crippen LogP contribution in [0.5, 0.6) is 5.75 Å². The molecule has 1 aliphatic rings. The molecule has 0 fully saturated rings. The Morgan fingerprint density at radius 1 is 1.44 bits per heavy atom. The van der Waals surface area contributed by atoms with Gasteiger partial charge in [-0.05, 0) is 25.1 Å². The van der Waals surface area contributed by atoms with Crippen molar-refractivity contribution in [2.24, 2.45) is 0 Å². The number of thiazole rings is 1. The van der Waals surface area contributed by atoms with E-state index in [1.165, 1.54) is 16.2 Å². The van der Waals surface area contributed by atoms with E-state index in [9.17, 15) is 14.4 Å². The normalized spacial score (nSPS) is 13.0. The van der Waals surface area contributed by atoms with Crippen molar-refractivity contribution in [3.63, 3.8) is 0 Å². The maximum absolute atomic E-state index is 12.4. The summed E-state index contributed by atoms with van der Waals surface area (Å²) in [6.07, 6.45) is 0.0357. The molecule has 0 aliphatic carbocycles. The Bertz CT molecular complexity index is 885. The van der Waals surface area contributed by atoms with E-state index in [-0.39, 0.29) is 31.4 Å². The summed E-state index contributed by atoms with van der Waals surface area (Å²) >= 11 is 7.17. The summed E-state index contributed by atoms with van der Waals surface area (Å²) in [6.45, 7) is 1.67. The Balaban J connectivity index is 1.65. The van der Waals surface area contributed by atoms with Crippen LogP contribution in [0.15, 0.2) is 23.6 Å². The second kappa shape index (κ2) is 8.36. The third-order valence-electron chi connectivity index (χ3n) is 3.59. The Hall–Kier alpha value is -2.65. The summed E-state index contributed by atoms with van der Waals surface area (Å²) in [4.78, 5) is 41.5. The second-order valence-corrected chi connectivity index (χ2v) is 6.85. The highest BCUT2D eigenvalue weighted by Gasteiger charge is 2.27. The van der Waals surface area contributed by atoms with Gasteiger partial charge in [0.1, 0.15) is 12.3 Å². The number of halogens is 1. The van der Waals surface area contributed by atoms with Crippen LogP contribution < -0.4 is 15.0 Å². The maximum Gasteiger partial charge on any atom is 0.311 e. The van der Waals surface area contributed by atoms with Crippen molar-refractivity contribution in [1.82, 2.24) is 4.98 Å². The molecule has 0 saturated heterocycles. The largest absolute Gasteiger partial charge is 0.482 e. The zero-order valence-corrected chi connectivity index (χ0v) is 15.9. The van der Waals surface area contributed by atoms with Gasteiger partial charge in [0.05, 0.1) is 24.4 Å². The van der Waals surface area contributed by atoms with Gasteiger partial charge in [-0.1, -0.05) is 11.6 Å². The van der Waals surface area contributed by atoms with Crippen LogP contribution in [0.1, 0.15) is 12.6 Å². The fourth-order valence-electron chi connectivity index (χ4n) is 2.46. The first-order valence-electron chi connectivity index (χ1n) is 8.09. The highest BCUT2D eigenvalue weighted by Crippen LogP contribution is 2.34.